The molecule has 0 fully saturated rings. The minimum absolute atomic E-state index is 0.0980. The van der Waals surface area contributed by atoms with Gasteiger partial charge in [0, 0.05) is 24.4 Å². The third-order valence-corrected chi connectivity index (χ3v) is 5.47. The molecule has 0 amide bonds. The van der Waals surface area contributed by atoms with E-state index in [1.165, 1.54) is 35.3 Å². The van der Waals surface area contributed by atoms with Crippen molar-refractivity contribution in [2.45, 2.75) is 33.1 Å². The maximum atomic E-state index is 9.13. The molecule has 4 nitrogen and oxygen atoms in total. The minimum Gasteiger partial charge on any atom is -0.462 e. The smallest absolute Gasteiger partial charge is 0.137 e. The van der Waals surface area contributed by atoms with E-state index in [9.17, 15) is 0 Å². The average molecular weight is 369 g/mol. The molecule has 28 heavy (non-hydrogen) atoms. The van der Waals surface area contributed by atoms with Gasteiger partial charge >= 0.3 is 0 Å². The third kappa shape index (κ3) is 3.47. The Hall–Kier alpha value is -3.24. The van der Waals surface area contributed by atoms with E-state index in [2.05, 4.69) is 30.0 Å². The van der Waals surface area contributed by atoms with E-state index in [1.54, 1.807) is 12.2 Å². The largest absolute Gasteiger partial charge is 0.462 e. The standard InChI is InChI=1S/C24H23N3O/c1-16-8-21-11-18(10-19-4-3-7-27(15-16)24(19)21)5-6-23-12-20(9-17(2)28-23)22(13-25)14-26/h5-6,9-12,16H,3-4,7-8,15H2,1-2H3/b6-5+. The van der Waals surface area contributed by atoms with Gasteiger partial charge in [0.1, 0.15) is 29.2 Å². The highest BCUT2D eigenvalue weighted by atomic mass is 16.5. The molecule has 0 saturated heterocycles. The van der Waals surface area contributed by atoms with Gasteiger partial charge in [-0.25, -0.2) is 0 Å². The first-order valence-corrected chi connectivity index (χ1v) is 9.78. The van der Waals surface area contributed by atoms with Crippen LogP contribution in [0.1, 0.15) is 37.0 Å². The fourth-order valence-electron chi connectivity index (χ4n) is 4.42. The minimum atomic E-state index is 0.0980. The van der Waals surface area contributed by atoms with Gasteiger partial charge in [0.2, 0.25) is 0 Å². The quantitative estimate of drug-likeness (QED) is 0.702. The number of allylic oxidation sites excluding steroid dienone is 6. The van der Waals surface area contributed by atoms with Crippen LogP contribution in [-0.4, -0.2) is 13.1 Å². The van der Waals surface area contributed by atoms with Crippen LogP contribution in [0.3, 0.4) is 0 Å². The van der Waals surface area contributed by atoms with Crippen LogP contribution in [-0.2, 0) is 17.6 Å². The first-order chi connectivity index (χ1) is 13.6. The molecule has 0 N–H and O–H groups in total. The van der Waals surface area contributed by atoms with Gasteiger partial charge in [-0.1, -0.05) is 13.0 Å². The summed E-state index contributed by atoms with van der Waals surface area (Å²) in [5, 5.41) is 18.3. The molecule has 0 aliphatic carbocycles. The van der Waals surface area contributed by atoms with Crippen LogP contribution in [0.15, 0.2) is 53.0 Å². The zero-order valence-corrected chi connectivity index (χ0v) is 16.3. The second-order valence-electron chi connectivity index (χ2n) is 7.84. The molecule has 4 rings (SSSR count). The number of rotatable bonds is 2. The second kappa shape index (κ2) is 7.41. The molecule has 0 radical (unpaired) electrons. The number of aryl methyl sites for hydroxylation is 1. The molecule has 3 aliphatic rings. The van der Waals surface area contributed by atoms with Crippen LogP contribution in [0.25, 0.3) is 6.08 Å². The molecule has 3 aliphatic heterocycles. The number of hydrogen-bond acceptors (Lipinski definition) is 4. The normalized spacial score (nSPS) is 20.5. The molecule has 4 heteroatoms. The lowest BCUT2D eigenvalue weighted by Gasteiger charge is -2.39. The van der Waals surface area contributed by atoms with Crippen molar-refractivity contribution in [1.29, 1.82) is 10.5 Å². The summed E-state index contributed by atoms with van der Waals surface area (Å²) in [5.74, 6) is 1.99. The lowest BCUT2D eigenvalue weighted by atomic mass is 9.86. The first-order valence-electron chi connectivity index (χ1n) is 9.78. The highest BCUT2D eigenvalue weighted by Crippen LogP contribution is 2.38. The van der Waals surface area contributed by atoms with Crippen molar-refractivity contribution in [1.82, 2.24) is 0 Å². The van der Waals surface area contributed by atoms with Gasteiger partial charge in [-0.2, -0.15) is 10.5 Å². The Kier molecular flexibility index (Phi) is 4.80. The summed E-state index contributed by atoms with van der Waals surface area (Å²) < 4.78 is 5.77. The van der Waals surface area contributed by atoms with Gasteiger partial charge in [0.05, 0.1) is 0 Å². The number of hydrogen-bond donors (Lipinski definition) is 0. The summed E-state index contributed by atoms with van der Waals surface area (Å²) in [7, 11) is 0. The Morgan fingerprint density at radius 2 is 1.96 bits per heavy atom. The van der Waals surface area contributed by atoms with E-state index in [1.807, 2.05) is 25.1 Å². The lowest BCUT2D eigenvalue weighted by molar-refractivity contribution is 0.318. The number of nitrogens with zero attached hydrogens (tertiary/aromatic N) is 3. The maximum Gasteiger partial charge on any atom is 0.137 e. The highest BCUT2D eigenvalue weighted by molar-refractivity contribution is 5.68. The number of nitriles is 2. The Bertz CT molecular complexity index is 1010. The molecule has 1 aromatic carbocycles. The van der Waals surface area contributed by atoms with Gasteiger partial charge in [0.15, 0.2) is 0 Å². The van der Waals surface area contributed by atoms with Crippen LogP contribution in [0, 0.1) is 28.6 Å². The predicted molar refractivity (Wildman–Crippen MR) is 110 cm³/mol. The van der Waals surface area contributed by atoms with E-state index in [0.29, 0.717) is 23.0 Å². The molecule has 1 aromatic rings. The molecule has 0 bridgehead atoms. The molecular formula is C24H23N3O. The van der Waals surface area contributed by atoms with Crippen molar-refractivity contribution in [2.24, 2.45) is 5.92 Å². The zero-order valence-electron chi connectivity index (χ0n) is 16.3. The second-order valence-corrected chi connectivity index (χ2v) is 7.84. The summed E-state index contributed by atoms with van der Waals surface area (Å²) in [6.45, 7) is 6.48. The van der Waals surface area contributed by atoms with Crippen molar-refractivity contribution in [3.05, 3.63) is 69.7 Å². The highest BCUT2D eigenvalue weighted by Gasteiger charge is 2.27. The Balaban J connectivity index is 1.66. The third-order valence-electron chi connectivity index (χ3n) is 5.47. The average Bonchev–Trinajstić information content (AvgIpc) is 2.67. The Morgan fingerprint density at radius 1 is 1.18 bits per heavy atom. The van der Waals surface area contributed by atoms with Crippen molar-refractivity contribution in [3.8, 4) is 12.1 Å². The van der Waals surface area contributed by atoms with E-state index < -0.39 is 0 Å². The SMILES string of the molecule is CC1=CC(=C(C#N)C#N)C=C(/C=C/c2cc3c4c(c2)CC(C)CN4CCC3)O1. The van der Waals surface area contributed by atoms with Gasteiger partial charge in [-0.15, -0.1) is 0 Å². The van der Waals surface area contributed by atoms with Gasteiger partial charge < -0.3 is 9.64 Å². The van der Waals surface area contributed by atoms with Gasteiger partial charge in [-0.05, 0) is 79.2 Å². The number of anilines is 1. The van der Waals surface area contributed by atoms with Crippen LogP contribution < -0.4 is 4.90 Å². The van der Waals surface area contributed by atoms with Gasteiger partial charge in [0.25, 0.3) is 0 Å². The molecule has 3 heterocycles. The van der Waals surface area contributed by atoms with Gasteiger partial charge in [-0.3, -0.25) is 0 Å². The fraction of sp³-hybridized carbons (Fsp3) is 0.333. The molecule has 140 valence electrons. The van der Waals surface area contributed by atoms with Crippen LogP contribution in [0.5, 0.6) is 0 Å². The molecule has 0 aromatic heterocycles. The molecular weight excluding hydrogens is 346 g/mol. The predicted octanol–water partition coefficient (Wildman–Crippen LogP) is 4.81. The Morgan fingerprint density at radius 3 is 2.75 bits per heavy atom. The van der Waals surface area contributed by atoms with E-state index >= 15 is 0 Å². The molecule has 1 atom stereocenters. The summed E-state index contributed by atoms with van der Waals surface area (Å²) in [5.41, 5.74) is 6.22. The lowest BCUT2D eigenvalue weighted by Crippen LogP contribution is -2.38. The van der Waals surface area contributed by atoms with Crippen molar-refractivity contribution >= 4 is 11.8 Å². The molecule has 0 spiro atoms. The molecule has 1 unspecified atom stereocenters. The number of benzene rings is 1. The van der Waals surface area contributed by atoms with Crippen molar-refractivity contribution in [3.63, 3.8) is 0 Å². The fourth-order valence-corrected chi connectivity index (χ4v) is 4.42. The number of ether oxygens (including phenoxy) is 1. The van der Waals surface area contributed by atoms with E-state index in [0.717, 1.165) is 19.4 Å². The first kappa shape index (κ1) is 18.1. The van der Waals surface area contributed by atoms with Crippen molar-refractivity contribution in [2.75, 3.05) is 18.0 Å². The summed E-state index contributed by atoms with van der Waals surface area (Å²) in [6, 6.07) is 8.47. The van der Waals surface area contributed by atoms with Crippen LogP contribution >= 0.6 is 0 Å². The summed E-state index contributed by atoms with van der Waals surface area (Å²) in [4.78, 5) is 2.55. The van der Waals surface area contributed by atoms with Crippen molar-refractivity contribution < 1.29 is 4.74 Å². The topological polar surface area (TPSA) is 60.0 Å². The zero-order chi connectivity index (χ0) is 19.7. The molecule has 0 saturated carbocycles. The summed E-state index contributed by atoms with van der Waals surface area (Å²) in [6.07, 6.45) is 10.9. The van der Waals surface area contributed by atoms with E-state index in [4.69, 9.17) is 15.3 Å². The Labute approximate surface area is 166 Å². The summed E-state index contributed by atoms with van der Waals surface area (Å²) >= 11 is 0. The van der Waals surface area contributed by atoms with E-state index in [-0.39, 0.29) is 5.57 Å². The maximum absolute atomic E-state index is 9.13. The van der Waals surface area contributed by atoms with Crippen LogP contribution in [0.4, 0.5) is 5.69 Å². The monoisotopic (exact) mass is 369 g/mol. The van der Waals surface area contributed by atoms with Crippen LogP contribution in [0.2, 0.25) is 0 Å².